The van der Waals surface area contributed by atoms with Gasteiger partial charge in [0.1, 0.15) is 17.9 Å². The number of hydrogen-bond donors (Lipinski definition) is 2. The molecule has 1 aliphatic carbocycles. The lowest BCUT2D eigenvalue weighted by atomic mass is 9.77. The van der Waals surface area contributed by atoms with Crippen molar-refractivity contribution in [2.45, 2.75) is 123 Å². The molecule has 1 aromatic carbocycles. The fourth-order valence-corrected chi connectivity index (χ4v) is 7.09. The molecule has 4 atom stereocenters. The molecule has 2 aliphatic heterocycles. The lowest BCUT2D eigenvalue weighted by Gasteiger charge is -2.35. The van der Waals surface area contributed by atoms with Gasteiger partial charge in [0.25, 0.3) is 5.91 Å². The molecule has 0 bridgehead atoms. The molecule has 1 aromatic rings. The number of ether oxygens (including phenoxy) is 2. The number of hydrogen-bond acceptors (Lipinski definition) is 9. The van der Waals surface area contributed by atoms with E-state index in [1.54, 1.807) is 7.11 Å². The van der Waals surface area contributed by atoms with Crippen LogP contribution in [0.1, 0.15) is 102 Å². The quantitative estimate of drug-likeness (QED) is 0.255. The summed E-state index contributed by atoms with van der Waals surface area (Å²) in [4.78, 5) is 73.4. The predicted octanol–water partition coefficient (Wildman–Crippen LogP) is 3.65. The maximum Gasteiger partial charge on any atom is 0.306 e. The summed E-state index contributed by atoms with van der Waals surface area (Å²) in [6.07, 6.45) is 4.49. The molecule has 1 saturated heterocycles. The zero-order valence-corrected chi connectivity index (χ0v) is 28.8. The molecule has 3 N–H and O–H groups in total. The fraction of sp³-hybridized carbons (Fsp3) is 0.657. The van der Waals surface area contributed by atoms with Gasteiger partial charge in [-0.25, -0.2) is 0 Å². The first-order chi connectivity index (χ1) is 22.1. The number of aryl methyl sites for hydroxylation is 2. The van der Waals surface area contributed by atoms with Crippen molar-refractivity contribution in [3.05, 3.63) is 28.8 Å². The zero-order valence-electron chi connectivity index (χ0n) is 28.8. The van der Waals surface area contributed by atoms with Gasteiger partial charge in [-0.3, -0.25) is 24.0 Å². The molecular formula is C35H50N4O8. The van der Waals surface area contributed by atoms with Crippen molar-refractivity contribution in [2.24, 2.45) is 22.2 Å². The fourth-order valence-electron chi connectivity index (χ4n) is 7.09. The molecule has 12 heteroatoms. The largest absolute Gasteiger partial charge is 0.496 e. The van der Waals surface area contributed by atoms with Gasteiger partial charge in [0.2, 0.25) is 17.6 Å². The molecule has 3 aliphatic rings. The lowest BCUT2D eigenvalue weighted by Crippen LogP contribution is -2.54. The van der Waals surface area contributed by atoms with Gasteiger partial charge in [0.05, 0.1) is 37.7 Å². The van der Waals surface area contributed by atoms with Crippen LogP contribution in [-0.4, -0.2) is 77.5 Å². The van der Waals surface area contributed by atoms with E-state index in [0.717, 1.165) is 48.1 Å². The Labute approximate surface area is 277 Å². The van der Waals surface area contributed by atoms with Crippen molar-refractivity contribution >= 4 is 35.2 Å². The van der Waals surface area contributed by atoms with Crippen molar-refractivity contribution in [3.63, 3.8) is 0 Å². The summed E-state index contributed by atoms with van der Waals surface area (Å²) >= 11 is 0. The van der Waals surface area contributed by atoms with E-state index in [9.17, 15) is 24.0 Å². The normalized spacial score (nSPS) is 22.4. The molecule has 47 heavy (non-hydrogen) atoms. The highest BCUT2D eigenvalue weighted by molar-refractivity contribution is 6.37. The number of carbonyl (C=O) groups excluding carboxylic acids is 5. The highest BCUT2D eigenvalue weighted by atomic mass is 16.7. The van der Waals surface area contributed by atoms with Crippen molar-refractivity contribution < 1.29 is 38.3 Å². The van der Waals surface area contributed by atoms with Crippen LogP contribution < -0.4 is 15.8 Å². The smallest absolute Gasteiger partial charge is 0.306 e. The number of amides is 3. The molecule has 0 aromatic heterocycles. The van der Waals surface area contributed by atoms with Crippen LogP contribution in [-0.2, 0) is 33.5 Å². The highest BCUT2D eigenvalue weighted by Gasteiger charge is 2.55. The SMILES string of the molecule is CCCC(NC(=O)[C@@H]1C[C@]2(CC(c3cc(C)c(OC)c(C)c3)=NO2)CN1C(=O)[C@@H](CC(=O)OC1CCCC1)C(C)(C)C)C(=O)C(N)=O. The lowest BCUT2D eigenvalue weighted by molar-refractivity contribution is -0.156. The van der Waals surface area contributed by atoms with Crippen LogP contribution in [0.5, 0.6) is 5.75 Å². The van der Waals surface area contributed by atoms with E-state index in [0.29, 0.717) is 18.6 Å². The molecule has 2 heterocycles. The van der Waals surface area contributed by atoms with Crippen molar-refractivity contribution in [1.82, 2.24) is 10.2 Å². The van der Waals surface area contributed by atoms with Gasteiger partial charge < -0.3 is 30.3 Å². The minimum Gasteiger partial charge on any atom is -0.496 e. The summed E-state index contributed by atoms with van der Waals surface area (Å²) in [5.74, 6) is -3.49. The highest BCUT2D eigenvalue weighted by Crippen LogP contribution is 2.42. The third kappa shape index (κ3) is 8.13. The van der Waals surface area contributed by atoms with E-state index in [4.69, 9.17) is 20.0 Å². The maximum atomic E-state index is 14.5. The Morgan fingerprint density at radius 1 is 1.13 bits per heavy atom. The molecule has 12 nitrogen and oxygen atoms in total. The maximum absolute atomic E-state index is 14.5. The summed E-state index contributed by atoms with van der Waals surface area (Å²) in [5.41, 5.74) is 7.00. The van der Waals surface area contributed by atoms with Crippen LogP contribution in [0.4, 0.5) is 0 Å². The van der Waals surface area contributed by atoms with E-state index >= 15 is 0 Å². The molecule has 3 amide bonds. The number of nitrogens with two attached hydrogens (primary N) is 1. The first-order valence-corrected chi connectivity index (χ1v) is 16.6. The van der Waals surface area contributed by atoms with E-state index in [2.05, 4.69) is 10.5 Å². The van der Waals surface area contributed by atoms with Gasteiger partial charge in [-0.1, -0.05) is 39.3 Å². The number of Topliss-reactive ketones (excluding diaryl/α,β-unsaturated/α-hetero) is 1. The number of primary amides is 1. The number of rotatable bonds is 12. The first-order valence-electron chi connectivity index (χ1n) is 16.6. The standard InChI is InChI=1S/C35H50N4O8/c1-8-11-25(29(41)31(36)42)37-32(43)27-18-35(17-26(38-47-35)22-14-20(2)30(45-7)21(3)15-22)19-39(27)33(44)24(34(4,5)6)16-28(40)46-23-12-9-10-13-23/h14-15,23-25,27H,8-13,16-19H2,1-7H3,(H2,36,42)(H,37,43)/t24-,25?,27+,35-/m1/s1. The van der Waals surface area contributed by atoms with Gasteiger partial charge in [0, 0.05) is 18.4 Å². The Hall–Kier alpha value is -3.96. The summed E-state index contributed by atoms with van der Waals surface area (Å²) in [6, 6.07) is 1.75. The molecule has 0 radical (unpaired) electrons. The number of esters is 1. The van der Waals surface area contributed by atoms with Crippen LogP contribution in [0.3, 0.4) is 0 Å². The first kappa shape index (κ1) is 35.9. The number of methoxy groups -OCH3 is 1. The Morgan fingerprint density at radius 3 is 2.32 bits per heavy atom. The molecule has 258 valence electrons. The molecule has 4 rings (SSSR count). The second-order valence-electron chi connectivity index (χ2n) is 14.4. The van der Waals surface area contributed by atoms with Crippen LogP contribution in [0.25, 0.3) is 0 Å². The van der Waals surface area contributed by atoms with Crippen molar-refractivity contribution in [3.8, 4) is 5.75 Å². The minimum atomic E-state index is -1.14. The molecular weight excluding hydrogens is 604 g/mol. The predicted molar refractivity (Wildman–Crippen MR) is 175 cm³/mol. The molecule has 1 spiro atoms. The van der Waals surface area contributed by atoms with Crippen molar-refractivity contribution in [2.75, 3.05) is 13.7 Å². The Bertz CT molecular complexity index is 1400. The molecule has 1 saturated carbocycles. The Balaban J connectivity index is 1.63. The number of benzene rings is 1. The van der Waals surface area contributed by atoms with Gasteiger partial charge in [0.15, 0.2) is 5.60 Å². The third-order valence-corrected chi connectivity index (χ3v) is 9.59. The number of carbonyl (C=O) groups is 5. The monoisotopic (exact) mass is 654 g/mol. The summed E-state index contributed by atoms with van der Waals surface area (Å²) in [5, 5.41) is 7.11. The average Bonchev–Trinajstić information content (AvgIpc) is 3.75. The van der Waals surface area contributed by atoms with Gasteiger partial charge >= 0.3 is 5.97 Å². The zero-order chi connectivity index (χ0) is 34.7. The number of nitrogens with zero attached hydrogens (tertiary/aromatic N) is 2. The van der Waals surface area contributed by atoms with E-state index < -0.39 is 52.6 Å². The van der Waals surface area contributed by atoms with E-state index in [-0.39, 0.29) is 37.8 Å². The van der Waals surface area contributed by atoms with Gasteiger partial charge in [-0.15, -0.1) is 0 Å². The van der Waals surface area contributed by atoms with Crippen LogP contribution in [0.2, 0.25) is 0 Å². The Morgan fingerprint density at radius 2 is 1.77 bits per heavy atom. The second kappa shape index (κ2) is 14.4. The van der Waals surface area contributed by atoms with Gasteiger partial charge in [-0.05, 0) is 74.6 Å². The van der Waals surface area contributed by atoms with E-state index in [1.165, 1.54) is 4.90 Å². The van der Waals surface area contributed by atoms with Crippen LogP contribution in [0, 0.1) is 25.2 Å². The number of nitrogens with one attached hydrogen (secondary N) is 1. The average molecular weight is 655 g/mol. The number of likely N-dealkylation sites (tertiary alicyclic amines) is 1. The summed E-state index contributed by atoms with van der Waals surface area (Å²) in [6.45, 7) is 11.4. The molecule has 2 fully saturated rings. The third-order valence-electron chi connectivity index (χ3n) is 9.59. The molecule has 1 unspecified atom stereocenters. The summed E-state index contributed by atoms with van der Waals surface area (Å²) < 4.78 is 11.2. The summed E-state index contributed by atoms with van der Waals surface area (Å²) in [7, 11) is 1.62. The van der Waals surface area contributed by atoms with Crippen LogP contribution >= 0.6 is 0 Å². The minimum absolute atomic E-state index is 0.0392. The topological polar surface area (TPSA) is 167 Å². The van der Waals surface area contributed by atoms with Gasteiger partial charge in [-0.2, -0.15) is 0 Å². The Kier molecular flexibility index (Phi) is 11.0. The van der Waals surface area contributed by atoms with Crippen LogP contribution in [0.15, 0.2) is 17.3 Å². The number of oxime groups is 1. The van der Waals surface area contributed by atoms with Crippen molar-refractivity contribution in [1.29, 1.82) is 0 Å². The van der Waals surface area contributed by atoms with E-state index in [1.807, 2.05) is 53.7 Å². The number of ketones is 1. The second-order valence-corrected chi connectivity index (χ2v) is 14.4.